The molecule has 0 aliphatic rings. The number of aromatic nitrogens is 4. The quantitative estimate of drug-likeness (QED) is 0.836. The van der Waals surface area contributed by atoms with Crippen molar-refractivity contribution in [1.82, 2.24) is 20.2 Å². The van der Waals surface area contributed by atoms with Crippen LogP contribution in [0.1, 0.15) is 29.5 Å². The van der Waals surface area contributed by atoms with Crippen LogP contribution in [0.25, 0.3) is 0 Å². The van der Waals surface area contributed by atoms with E-state index < -0.39 is 5.97 Å². The highest BCUT2D eigenvalue weighted by Gasteiger charge is 2.15. The highest BCUT2D eigenvalue weighted by molar-refractivity contribution is 9.10. The minimum Gasteiger partial charge on any atom is -0.507 e. The Labute approximate surface area is 123 Å². The molecule has 2 rings (SSSR count). The van der Waals surface area contributed by atoms with Crippen molar-refractivity contribution in [3.05, 3.63) is 34.1 Å². The first kappa shape index (κ1) is 14.4. The molecule has 0 saturated carbocycles. The Bertz CT molecular complexity index is 614. The molecule has 0 radical (unpaired) electrons. The number of phenols is 1. The molecule has 1 heterocycles. The van der Waals surface area contributed by atoms with Gasteiger partial charge < -0.3 is 9.84 Å². The summed E-state index contributed by atoms with van der Waals surface area (Å²) in [4.78, 5) is 11.9. The smallest absolute Gasteiger partial charge is 0.342 e. The minimum absolute atomic E-state index is 0.0439. The van der Waals surface area contributed by atoms with Crippen LogP contribution in [-0.4, -0.2) is 31.3 Å². The number of aryl methyl sites for hydroxylation is 1. The summed E-state index contributed by atoms with van der Waals surface area (Å²) in [6, 6.07) is 4.54. The number of nitrogens with zero attached hydrogens (tertiary/aromatic N) is 4. The van der Waals surface area contributed by atoms with E-state index in [1.54, 1.807) is 10.7 Å². The Balaban J connectivity index is 2.05. The Morgan fingerprint density at radius 1 is 1.50 bits per heavy atom. The second-order valence-electron chi connectivity index (χ2n) is 4.06. The van der Waals surface area contributed by atoms with Gasteiger partial charge in [-0.2, -0.15) is 0 Å². The number of esters is 1. The molecule has 0 unspecified atom stereocenters. The lowest BCUT2D eigenvalue weighted by molar-refractivity contribution is 0.0453. The zero-order valence-electron chi connectivity index (χ0n) is 10.8. The summed E-state index contributed by atoms with van der Waals surface area (Å²) in [6.07, 6.45) is 0.873. The summed E-state index contributed by atoms with van der Waals surface area (Å²) < 4.78 is 7.37. The van der Waals surface area contributed by atoms with E-state index in [-0.39, 0.29) is 17.9 Å². The molecule has 2 aromatic rings. The van der Waals surface area contributed by atoms with Gasteiger partial charge in [-0.15, -0.1) is 5.10 Å². The summed E-state index contributed by atoms with van der Waals surface area (Å²) in [6.45, 7) is 2.61. The van der Waals surface area contributed by atoms with E-state index in [1.165, 1.54) is 12.1 Å². The number of hydrogen-bond acceptors (Lipinski definition) is 6. The topological polar surface area (TPSA) is 90.1 Å². The molecule has 0 saturated heterocycles. The van der Waals surface area contributed by atoms with Crippen LogP contribution >= 0.6 is 15.9 Å². The predicted molar refractivity (Wildman–Crippen MR) is 73.0 cm³/mol. The first-order chi connectivity index (χ1) is 9.61. The van der Waals surface area contributed by atoms with Crippen molar-refractivity contribution in [2.75, 3.05) is 0 Å². The van der Waals surface area contributed by atoms with Gasteiger partial charge in [-0.25, -0.2) is 9.48 Å². The lowest BCUT2D eigenvalue weighted by atomic mass is 10.2. The van der Waals surface area contributed by atoms with E-state index in [0.717, 1.165) is 6.42 Å². The molecule has 1 aromatic carbocycles. The molecule has 7 nitrogen and oxygen atoms in total. The Morgan fingerprint density at radius 2 is 2.30 bits per heavy atom. The van der Waals surface area contributed by atoms with Gasteiger partial charge >= 0.3 is 5.97 Å². The van der Waals surface area contributed by atoms with E-state index in [1.807, 2.05) is 6.92 Å². The fraction of sp³-hybridized carbons (Fsp3) is 0.333. The Hall–Kier alpha value is -1.96. The van der Waals surface area contributed by atoms with E-state index in [0.29, 0.717) is 16.8 Å². The standard InChI is InChI=1S/C12H13BrN4O3/c1-2-5-17-11(14-15-16-17)7-20-12(19)9-6-8(13)3-4-10(9)18/h3-4,6,18H,2,5,7H2,1H3. The monoisotopic (exact) mass is 340 g/mol. The maximum atomic E-state index is 11.9. The molecule has 1 aromatic heterocycles. The molecule has 0 spiro atoms. The predicted octanol–water partition coefficient (Wildman–Crippen LogP) is 1.91. The Kier molecular flexibility index (Phi) is 4.67. The van der Waals surface area contributed by atoms with Crippen molar-refractivity contribution in [3.63, 3.8) is 0 Å². The molecule has 0 atom stereocenters. The summed E-state index contributed by atoms with van der Waals surface area (Å²) in [5.41, 5.74) is 0.0916. The third kappa shape index (κ3) is 3.32. The normalized spacial score (nSPS) is 10.5. The molecular weight excluding hydrogens is 328 g/mol. The summed E-state index contributed by atoms with van der Waals surface area (Å²) in [7, 11) is 0. The van der Waals surface area contributed by atoms with Crippen molar-refractivity contribution < 1.29 is 14.6 Å². The number of halogens is 1. The van der Waals surface area contributed by atoms with Gasteiger partial charge in [0, 0.05) is 11.0 Å². The number of hydrogen-bond donors (Lipinski definition) is 1. The number of benzene rings is 1. The maximum absolute atomic E-state index is 11.9. The second-order valence-corrected chi connectivity index (χ2v) is 4.97. The molecule has 8 heteroatoms. The fourth-order valence-corrected chi connectivity index (χ4v) is 1.95. The summed E-state index contributed by atoms with van der Waals surface area (Å²) in [5.74, 6) is -0.295. The molecule has 106 valence electrons. The van der Waals surface area contributed by atoms with Crippen molar-refractivity contribution in [2.24, 2.45) is 0 Å². The number of carbonyl (C=O) groups is 1. The average Bonchev–Trinajstić information content (AvgIpc) is 2.87. The van der Waals surface area contributed by atoms with Crippen LogP contribution < -0.4 is 0 Å². The van der Waals surface area contributed by atoms with E-state index in [4.69, 9.17) is 4.74 Å². The number of rotatable bonds is 5. The van der Waals surface area contributed by atoms with Crippen LogP contribution in [0.4, 0.5) is 0 Å². The van der Waals surface area contributed by atoms with Gasteiger partial charge in [0.1, 0.15) is 11.3 Å². The molecule has 0 amide bonds. The van der Waals surface area contributed by atoms with Gasteiger partial charge in [0.2, 0.25) is 0 Å². The average molecular weight is 341 g/mol. The molecule has 1 N–H and O–H groups in total. The first-order valence-electron chi connectivity index (χ1n) is 6.02. The SMILES string of the molecule is CCCn1nnnc1COC(=O)c1cc(Br)ccc1O. The second kappa shape index (κ2) is 6.47. The summed E-state index contributed by atoms with van der Waals surface area (Å²) >= 11 is 3.23. The molecule has 0 bridgehead atoms. The van der Waals surface area contributed by atoms with E-state index >= 15 is 0 Å². The van der Waals surface area contributed by atoms with Crippen LogP contribution in [0.2, 0.25) is 0 Å². The van der Waals surface area contributed by atoms with Gasteiger partial charge in [0.25, 0.3) is 0 Å². The van der Waals surface area contributed by atoms with Gasteiger partial charge in [-0.1, -0.05) is 22.9 Å². The highest BCUT2D eigenvalue weighted by atomic mass is 79.9. The first-order valence-corrected chi connectivity index (χ1v) is 6.81. The lowest BCUT2D eigenvalue weighted by Crippen LogP contribution is -2.11. The third-order valence-electron chi connectivity index (χ3n) is 2.55. The largest absolute Gasteiger partial charge is 0.507 e. The zero-order chi connectivity index (χ0) is 14.5. The molecule has 0 fully saturated rings. The molecule has 20 heavy (non-hydrogen) atoms. The van der Waals surface area contributed by atoms with Crippen LogP contribution in [0.3, 0.4) is 0 Å². The van der Waals surface area contributed by atoms with Gasteiger partial charge in [0.05, 0.1) is 0 Å². The number of carbonyl (C=O) groups excluding carboxylic acids is 1. The van der Waals surface area contributed by atoms with Crippen molar-refractivity contribution >= 4 is 21.9 Å². The minimum atomic E-state index is -0.630. The number of ether oxygens (including phenoxy) is 1. The zero-order valence-corrected chi connectivity index (χ0v) is 12.4. The van der Waals surface area contributed by atoms with Crippen LogP contribution in [-0.2, 0) is 17.9 Å². The van der Waals surface area contributed by atoms with Crippen molar-refractivity contribution in [3.8, 4) is 5.75 Å². The van der Waals surface area contributed by atoms with Crippen molar-refractivity contribution in [2.45, 2.75) is 26.5 Å². The van der Waals surface area contributed by atoms with Crippen LogP contribution in [0.5, 0.6) is 5.75 Å². The molecule has 0 aliphatic heterocycles. The third-order valence-corrected chi connectivity index (χ3v) is 3.05. The van der Waals surface area contributed by atoms with Crippen molar-refractivity contribution in [1.29, 1.82) is 0 Å². The van der Waals surface area contributed by atoms with Gasteiger partial charge in [0.15, 0.2) is 12.4 Å². The number of tetrazole rings is 1. The Morgan fingerprint density at radius 3 is 3.05 bits per heavy atom. The maximum Gasteiger partial charge on any atom is 0.342 e. The van der Waals surface area contributed by atoms with E-state index in [2.05, 4.69) is 31.5 Å². The summed E-state index contributed by atoms with van der Waals surface area (Å²) in [5, 5.41) is 20.8. The highest BCUT2D eigenvalue weighted by Crippen LogP contribution is 2.22. The van der Waals surface area contributed by atoms with E-state index in [9.17, 15) is 9.90 Å². The number of phenolic OH excluding ortho intramolecular Hbond substituents is 1. The van der Waals surface area contributed by atoms with Gasteiger partial charge in [-0.3, -0.25) is 0 Å². The lowest BCUT2D eigenvalue weighted by Gasteiger charge is -2.06. The van der Waals surface area contributed by atoms with Crippen LogP contribution in [0, 0.1) is 0 Å². The van der Waals surface area contributed by atoms with Gasteiger partial charge in [-0.05, 0) is 35.0 Å². The van der Waals surface area contributed by atoms with Crippen LogP contribution in [0.15, 0.2) is 22.7 Å². The number of aromatic hydroxyl groups is 1. The fourth-order valence-electron chi connectivity index (χ4n) is 1.59. The molecular formula is C12H13BrN4O3. The molecule has 0 aliphatic carbocycles.